The zero-order valence-electron chi connectivity index (χ0n) is 23.3. The van der Waals surface area contributed by atoms with E-state index in [0.29, 0.717) is 37.2 Å². The Labute approximate surface area is 235 Å². The summed E-state index contributed by atoms with van der Waals surface area (Å²) in [6.45, 7) is 1.85. The molecule has 0 bridgehead atoms. The molecule has 5 rings (SSSR count). The fraction of sp³-hybridized carbons (Fsp3) is 0.407. The fourth-order valence-electron chi connectivity index (χ4n) is 5.28. The summed E-state index contributed by atoms with van der Waals surface area (Å²) in [6.07, 6.45) is 5.14. The van der Waals surface area contributed by atoms with Crippen molar-refractivity contribution in [2.24, 2.45) is 14.1 Å². The molecule has 1 aromatic carbocycles. The zero-order valence-corrected chi connectivity index (χ0v) is 23.3. The highest BCUT2D eigenvalue weighted by atomic mass is 16.6. The molecule has 4 aromatic rings. The molecule has 1 amide bonds. The molecule has 3 aromatic heterocycles. The number of aryl methyl sites for hydroxylation is 2. The van der Waals surface area contributed by atoms with Gasteiger partial charge in [-0.05, 0) is 61.3 Å². The highest BCUT2D eigenvalue weighted by Crippen LogP contribution is 2.32. The average molecular weight is 565 g/mol. The first-order valence-electron chi connectivity index (χ1n) is 13.2. The molecule has 0 atom stereocenters. The maximum absolute atomic E-state index is 13.3. The predicted molar refractivity (Wildman–Crippen MR) is 150 cm³/mol. The molecule has 3 heterocycles. The van der Waals surface area contributed by atoms with Gasteiger partial charge in [-0.1, -0.05) is 4.98 Å². The number of nitrogens with zero attached hydrogens (tertiary/aromatic N) is 6. The van der Waals surface area contributed by atoms with Crippen LogP contribution in [0.4, 0.5) is 22.2 Å². The summed E-state index contributed by atoms with van der Waals surface area (Å²) in [5.74, 6) is 1.08. The Bertz CT molecular complexity index is 1660. The number of amides is 1. The van der Waals surface area contributed by atoms with E-state index in [1.807, 2.05) is 35.8 Å². The fourth-order valence-corrected chi connectivity index (χ4v) is 5.28. The number of ether oxygens (including phenoxy) is 2. The van der Waals surface area contributed by atoms with Gasteiger partial charge in [0.25, 0.3) is 0 Å². The third kappa shape index (κ3) is 5.58. The molecule has 14 heteroatoms. The van der Waals surface area contributed by atoms with E-state index in [1.54, 1.807) is 24.9 Å². The van der Waals surface area contributed by atoms with Gasteiger partial charge in [-0.15, -0.1) is 0 Å². The number of anilines is 2. The molecule has 0 spiro atoms. The molecule has 216 valence electrons. The third-order valence-corrected chi connectivity index (χ3v) is 7.63. The molecule has 41 heavy (non-hydrogen) atoms. The lowest BCUT2D eigenvalue weighted by Gasteiger charge is -2.29. The number of carbonyl (C=O) groups excluding carboxylic acids is 1. The largest absolute Gasteiger partial charge is 0.497 e. The van der Waals surface area contributed by atoms with Gasteiger partial charge in [-0.3, -0.25) is 9.13 Å². The van der Waals surface area contributed by atoms with E-state index in [-0.39, 0.29) is 30.3 Å². The normalized spacial score (nSPS) is 16.9. The molecule has 0 aliphatic heterocycles. The van der Waals surface area contributed by atoms with Crippen molar-refractivity contribution < 1.29 is 19.2 Å². The van der Waals surface area contributed by atoms with Gasteiger partial charge in [0.2, 0.25) is 0 Å². The number of nitrogens with one attached hydrogen (secondary N) is 2. The van der Waals surface area contributed by atoms with Gasteiger partial charge in [0, 0.05) is 30.9 Å². The second-order valence-electron chi connectivity index (χ2n) is 10.2. The second kappa shape index (κ2) is 11.3. The highest BCUT2D eigenvalue weighted by Gasteiger charge is 2.28. The molecule has 1 saturated carbocycles. The van der Waals surface area contributed by atoms with E-state index >= 15 is 0 Å². The Morgan fingerprint density at radius 2 is 1.85 bits per heavy atom. The zero-order chi connectivity index (χ0) is 29.3. The van der Waals surface area contributed by atoms with Gasteiger partial charge >= 0.3 is 17.7 Å². The van der Waals surface area contributed by atoms with Crippen molar-refractivity contribution >= 4 is 34.6 Å². The quantitative estimate of drug-likeness (QED) is 0.239. The number of hydrogen-bond acceptors (Lipinski definition) is 9. The molecule has 0 saturated heterocycles. The number of fused-ring (bicyclic) bond motifs is 1. The lowest BCUT2D eigenvalue weighted by Crippen LogP contribution is -2.39. The van der Waals surface area contributed by atoms with Gasteiger partial charge in [-0.2, -0.15) is 0 Å². The molecule has 0 radical (unpaired) electrons. The number of benzene rings is 1. The first-order chi connectivity index (χ1) is 19.7. The molecule has 14 nitrogen and oxygen atoms in total. The Balaban J connectivity index is 1.24. The van der Waals surface area contributed by atoms with Crippen LogP contribution in [0.2, 0.25) is 0 Å². The average Bonchev–Trinajstić information content (AvgIpc) is 3.45. The van der Waals surface area contributed by atoms with Crippen molar-refractivity contribution in [1.29, 1.82) is 0 Å². The van der Waals surface area contributed by atoms with E-state index in [4.69, 9.17) is 9.47 Å². The van der Waals surface area contributed by atoms with Crippen molar-refractivity contribution in [2.45, 2.75) is 51.3 Å². The summed E-state index contributed by atoms with van der Waals surface area (Å²) in [7, 11) is 4.86. The third-order valence-electron chi connectivity index (χ3n) is 7.63. The summed E-state index contributed by atoms with van der Waals surface area (Å²) in [5.41, 5.74) is 3.73. The number of rotatable bonds is 8. The first-order valence-corrected chi connectivity index (χ1v) is 13.2. The second-order valence-corrected chi connectivity index (χ2v) is 10.2. The van der Waals surface area contributed by atoms with E-state index in [0.717, 1.165) is 28.0 Å². The standard InChI is InChI=1S/C27H32N8O6/c1-16-11-20(40-4)9-10-21(16)31-24-12-22-23(14-28-24)33(3)27(37)34(22)18-7-5-17(6-8-18)30-26(36)41-15-19-13-29-25(32(19)2)35(38)39/h9-14,17-18H,5-8,15H2,1-4H3,(H,28,31)(H,30,36). The van der Waals surface area contributed by atoms with Crippen molar-refractivity contribution in [2.75, 3.05) is 12.4 Å². The smallest absolute Gasteiger partial charge is 0.434 e. The number of aromatic nitrogens is 5. The van der Waals surface area contributed by atoms with Gasteiger partial charge in [0.1, 0.15) is 17.8 Å². The van der Waals surface area contributed by atoms with E-state index in [2.05, 4.69) is 20.6 Å². The molecule has 1 aliphatic rings. The molecule has 2 N–H and O–H groups in total. The Morgan fingerprint density at radius 3 is 2.51 bits per heavy atom. The van der Waals surface area contributed by atoms with Crippen LogP contribution in [-0.2, 0) is 25.4 Å². The summed E-state index contributed by atoms with van der Waals surface area (Å²) in [6, 6.07) is 7.49. The molecule has 1 aliphatic carbocycles. The molecular formula is C27H32N8O6. The van der Waals surface area contributed by atoms with Crippen LogP contribution in [0, 0.1) is 17.0 Å². The monoisotopic (exact) mass is 564 g/mol. The highest BCUT2D eigenvalue weighted by molar-refractivity contribution is 5.79. The number of hydrogen-bond donors (Lipinski definition) is 2. The summed E-state index contributed by atoms with van der Waals surface area (Å²) in [4.78, 5) is 44.3. The number of methoxy groups -OCH3 is 1. The minimum absolute atomic E-state index is 0.0340. The Morgan fingerprint density at radius 1 is 1.10 bits per heavy atom. The van der Waals surface area contributed by atoms with Crippen molar-refractivity contribution in [3.8, 4) is 5.75 Å². The topological polar surface area (TPSA) is 160 Å². The summed E-state index contributed by atoms with van der Waals surface area (Å²) in [5, 5.41) is 17.2. The van der Waals surface area contributed by atoms with Crippen LogP contribution in [-0.4, -0.2) is 47.8 Å². The van der Waals surface area contributed by atoms with Crippen molar-refractivity contribution in [3.63, 3.8) is 0 Å². The van der Waals surface area contributed by atoms with Crippen molar-refractivity contribution in [1.82, 2.24) is 29.0 Å². The molecule has 0 unspecified atom stereocenters. The van der Waals surface area contributed by atoms with Gasteiger partial charge < -0.3 is 30.2 Å². The summed E-state index contributed by atoms with van der Waals surface area (Å²) >= 11 is 0. The maximum atomic E-state index is 13.3. The lowest BCUT2D eigenvalue weighted by molar-refractivity contribution is -0.396. The molecular weight excluding hydrogens is 532 g/mol. The van der Waals surface area contributed by atoms with Gasteiger partial charge in [-0.25, -0.2) is 19.1 Å². The van der Waals surface area contributed by atoms with Crippen LogP contribution >= 0.6 is 0 Å². The lowest BCUT2D eigenvalue weighted by atomic mass is 9.91. The summed E-state index contributed by atoms with van der Waals surface area (Å²) < 4.78 is 15.3. The van der Waals surface area contributed by atoms with Crippen LogP contribution in [0.1, 0.15) is 43.0 Å². The predicted octanol–water partition coefficient (Wildman–Crippen LogP) is 3.85. The van der Waals surface area contributed by atoms with Gasteiger partial charge in [0.15, 0.2) is 12.3 Å². The van der Waals surface area contributed by atoms with Gasteiger partial charge in [0.05, 0.1) is 31.4 Å². The minimum Gasteiger partial charge on any atom is -0.497 e. The maximum Gasteiger partial charge on any atom is 0.434 e. The van der Waals surface area contributed by atoms with E-state index in [1.165, 1.54) is 17.8 Å². The van der Waals surface area contributed by atoms with Crippen LogP contribution in [0.3, 0.4) is 0 Å². The van der Waals surface area contributed by atoms with Crippen LogP contribution < -0.4 is 21.1 Å². The number of alkyl carbamates (subject to hydrolysis) is 1. The number of nitro groups is 1. The SMILES string of the molecule is COc1ccc(Nc2cc3c(cn2)n(C)c(=O)n3C2CCC(NC(=O)OCc3cnc([N+](=O)[O-])n3C)CC2)c(C)c1. The molecule has 1 fully saturated rings. The Hall–Kier alpha value is -4.88. The number of pyridine rings is 1. The number of imidazole rings is 2. The van der Waals surface area contributed by atoms with E-state index in [9.17, 15) is 19.7 Å². The van der Waals surface area contributed by atoms with Crippen LogP contribution in [0.25, 0.3) is 11.0 Å². The first kappa shape index (κ1) is 27.7. The number of carbonyl (C=O) groups is 1. The van der Waals surface area contributed by atoms with E-state index < -0.39 is 11.0 Å². The minimum atomic E-state index is -0.602. The Kier molecular flexibility index (Phi) is 7.64. The van der Waals surface area contributed by atoms with Crippen molar-refractivity contribution in [3.05, 3.63) is 68.5 Å². The van der Waals surface area contributed by atoms with Crippen LogP contribution in [0.5, 0.6) is 5.75 Å². The van der Waals surface area contributed by atoms with Crippen LogP contribution in [0.15, 0.2) is 41.5 Å².